The molecule has 0 saturated heterocycles. The maximum Gasteiger partial charge on any atom is 0.319 e. The fourth-order valence-corrected chi connectivity index (χ4v) is 1.80. The Morgan fingerprint density at radius 2 is 1.95 bits per heavy atom. The molecular weight excluding hydrogens is 287 g/mol. The summed E-state index contributed by atoms with van der Waals surface area (Å²) in [4.78, 5) is 21.8. The number of hydrogen-bond donors (Lipinski definition) is 3. The molecule has 1 aromatic rings. The molecule has 0 atom stereocenters. The molecule has 7 heteroatoms. The maximum absolute atomic E-state index is 13.0. The van der Waals surface area contributed by atoms with Gasteiger partial charge in [-0.05, 0) is 31.0 Å². The summed E-state index contributed by atoms with van der Waals surface area (Å²) in [5.74, 6) is -1.35. The summed E-state index contributed by atoms with van der Waals surface area (Å²) in [5, 5.41) is 13.7. The Kier molecular flexibility index (Phi) is 6.79. The largest absolute Gasteiger partial charge is 0.481 e. The van der Waals surface area contributed by atoms with Gasteiger partial charge in [0.2, 0.25) is 0 Å². The summed E-state index contributed by atoms with van der Waals surface area (Å²) in [7, 11) is 0. The number of rotatable bonds is 7. The number of carbonyl (C=O) groups is 2. The topological polar surface area (TPSA) is 78.4 Å². The number of carboxylic acid groups (broad SMARTS) is 1. The van der Waals surface area contributed by atoms with E-state index in [0.717, 1.165) is 18.6 Å². The maximum atomic E-state index is 13.0. The molecule has 0 unspecified atom stereocenters. The van der Waals surface area contributed by atoms with Crippen molar-refractivity contribution in [1.29, 1.82) is 0 Å². The van der Waals surface area contributed by atoms with Crippen LogP contribution in [0.2, 0.25) is 5.02 Å². The van der Waals surface area contributed by atoms with Crippen molar-refractivity contribution in [3.05, 3.63) is 29.0 Å². The summed E-state index contributed by atoms with van der Waals surface area (Å²) in [6, 6.07) is 3.30. The molecule has 0 saturated carbocycles. The first-order chi connectivity index (χ1) is 9.47. The lowest BCUT2D eigenvalue weighted by Crippen LogP contribution is -2.29. The molecule has 1 aromatic carbocycles. The highest BCUT2D eigenvalue weighted by Crippen LogP contribution is 2.17. The summed E-state index contributed by atoms with van der Waals surface area (Å²) >= 11 is 5.66. The molecule has 0 spiro atoms. The van der Waals surface area contributed by atoms with Gasteiger partial charge >= 0.3 is 12.0 Å². The van der Waals surface area contributed by atoms with E-state index in [0.29, 0.717) is 19.4 Å². The van der Waals surface area contributed by atoms with Crippen LogP contribution in [-0.4, -0.2) is 23.7 Å². The van der Waals surface area contributed by atoms with Gasteiger partial charge in [0.05, 0.1) is 0 Å². The SMILES string of the molecule is O=C(O)CCCCCNC(=O)Nc1cc(F)cc(Cl)c1. The molecular formula is C13H16ClFN2O3. The van der Waals surface area contributed by atoms with Crippen LogP contribution in [0, 0.1) is 5.82 Å². The number of carbonyl (C=O) groups excluding carboxylic acids is 1. The van der Waals surface area contributed by atoms with Gasteiger partial charge in [-0.3, -0.25) is 4.79 Å². The predicted octanol–water partition coefficient (Wildman–Crippen LogP) is 3.25. The Labute approximate surface area is 121 Å². The number of nitrogens with one attached hydrogen (secondary N) is 2. The molecule has 0 bridgehead atoms. The first-order valence-corrected chi connectivity index (χ1v) is 6.58. The van der Waals surface area contributed by atoms with E-state index in [1.165, 1.54) is 6.07 Å². The standard InChI is InChI=1S/C13H16ClFN2O3/c14-9-6-10(15)8-11(7-9)17-13(20)16-5-3-1-2-4-12(18)19/h6-8H,1-5H2,(H,18,19)(H2,16,17,20). The summed E-state index contributed by atoms with van der Waals surface area (Å²) in [6.07, 6.45) is 2.12. The Hall–Kier alpha value is -1.82. The molecule has 0 aliphatic heterocycles. The van der Waals surface area contributed by atoms with E-state index in [9.17, 15) is 14.0 Å². The van der Waals surface area contributed by atoms with E-state index in [1.54, 1.807) is 0 Å². The monoisotopic (exact) mass is 302 g/mol. The number of carboxylic acids is 1. The Bertz CT molecular complexity index is 462. The summed E-state index contributed by atoms with van der Waals surface area (Å²) < 4.78 is 13.0. The van der Waals surface area contributed by atoms with Crippen LogP contribution in [0.3, 0.4) is 0 Å². The molecule has 110 valence electrons. The van der Waals surface area contributed by atoms with Crippen molar-refractivity contribution < 1.29 is 19.1 Å². The summed E-state index contributed by atoms with van der Waals surface area (Å²) in [5.41, 5.74) is 0.276. The van der Waals surface area contributed by atoms with E-state index in [-0.39, 0.29) is 17.1 Å². The zero-order valence-electron chi connectivity index (χ0n) is 10.8. The van der Waals surface area contributed by atoms with Crippen LogP contribution in [0.5, 0.6) is 0 Å². The van der Waals surface area contributed by atoms with Crippen molar-refractivity contribution >= 4 is 29.3 Å². The number of anilines is 1. The van der Waals surface area contributed by atoms with Crippen molar-refractivity contribution in [2.24, 2.45) is 0 Å². The smallest absolute Gasteiger partial charge is 0.319 e. The molecule has 20 heavy (non-hydrogen) atoms. The van der Waals surface area contributed by atoms with Crippen molar-refractivity contribution in [1.82, 2.24) is 5.32 Å². The molecule has 0 aliphatic rings. The lowest BCUT2D eigenvalue weighted by atomic mass is 10.2. The molecule has 3 N–H and O–H groups in total. The highest BCUT2D eigenvalue weighted by molar-refractivity contribution is 6.30. The van der Waals surface area contributed by atoms with Crippen molar-refractivity contribution in [3.63, 3.8) is 0 Å². The van der Waals surface area contributed by atoms with E-state index in [1.807, 2.05) is 0 Å². The molecule has 1 rings (SSSR count). The second-order valence-electron chi connectivity index (χ2n) is 4.24. The van der Waals surface area contributed by atoms with Gasteiger partial charge < -0.3 is 15.7 Å². The molecule has 0 aliphatic carbocycles. The van der Waals surface area contributed by atoms with Gasteiger partial charge in [0.1, 0.15) is 5.82 Å². The average Bonchev–Trinajstić information content (AvgIpc) is 2.31. The number of benzene rings is 1. The van der Waals surface area contributed by atoms with E-state index in [4.69, 9.17) is 16.7 Å². The fraction of sp³-hybridized carbons (Fsp3) is 0.385. The van der Waals surface area contributed by atoms with Crippen molar-refractivity contribution in [3.8, 4) is 0 Å². The zero-order chi connectivity index (χ0) is 15.0. The number of hydrogen-bond acceptors (Lipinski definition) is 2. The van der Waals surface area contributed by atoms with Crippen LogP contribution in [0.4, 0.5) is 14.9 Å². The van der Waals surface area contributed by atoms with Gasteiger partial charge in [0.25, 0.3) is 0 Å². The predicted molar refractivity (Wildman–Crippen MR) is 74.5 cm³/mol. The first-order valence-electron chi connectivity index (χ1n) is 6.20. The second-order valence-corrected chi connectivity index (χ2v) is 4.68. The third-order valence-corrected chi connectivity index (χ3v) is 2.69. The number of aliphatic carboxylic acids is 1. The van der Waals surface area contributed by atoms with Crippen LogP contribution in [0.15, 0.2) is 18.2 Å². The van der Waals surface area contributed by atoms with Crippen LogP contribution in [-0.2, 0) is 4.79 Å². The van der Waals surface area contributed by atoms with Gasteiger partial charge in [0.15, 0.2) is 0 Å². The highest BCUT2D eigenvalue weighted by atomic mass is 35.5. The molecule has 0 radical (unpaired) electrons. The Morgan fingerprint density at radius 3 is 2.60 bits per heavy atom. The van der Waals surface area contributed by atoms with E-state index < -0.39 is 17.8 Å². The summed E-state index contributed by atoms with van der Waals surface area (Å²) in [6.45, 7) is 0.425. The first kappa shape index (κ1) is 16.2. The quantitative estimate of drug-likeness (QED) is 0.677. The average molecular weight is 303 g/mol. The molecule has 0 heterocycles. The number of amides is 2. The minimum Gasteiger partial charge on any atom is -0.481 e. The number of unbranched alkanes of at least 4 members (excludes halogenated alkanes) is 2. The van der Waals surface area contributed by atoms with Gasteiger partial charge in [-0.1, -0.05) is 18.0 Å². The third-order valence-electron chi connectivity index (χ3n) is 2.47. The zero-order valence-corrected chi connectivity index (χ0v) is 11.5. The second kappa shape index (κ2) is 8.37. The van der Waals surface area contributed by atoms with Crippen molar-refractivity contribution in [2.45, 2.75) is 25.7 Å². The van der Waals surface area contributed by atoms with E-state index >= 15 is 0 Å². The third kappa shape index (κ3) is 6.94. The number of urea groups is 1. The molecule has 0 aromatic heterocycles. The van der Waals surface area contributed by atoms with Crippen LogP contribution < -0.4 is 10.6 Å². The fourth-order valence-electron chi connectivity index (χ4n) is 1.58. The Balaban J connectivity index is 2.21. The molecule has 0 fully saturated rings. The van der Waals surface area contributed by atoms with Crippen LogP contribution in [0.1, 0.15) is 25.7 Å². The lowest BCUT2D eigenvalue weighted by Gasteiger charge is -2.08. The minimum atomic E-state index is -0.821. The van der Waals surface area contributed by atoms with Gasteiger partial charge in [0, 0.05) is 23.7 Å². The molecule has 2 amide bonds. The van der Waals surface area contributed by atoms with Gasteiger partial charge in [-0.15, -0.1) is 0 Å². The van der Waals surface area contributed by atoms with E-state index in [2.05, 4.69) is 10.6 Å². The van der Waals surface area contributed by atoms with Gasteiger partial charge in [-0.25, -0.2) is 9.18 Å². The lowest BCUT2D eigenvalue weighted by molar-refractivity contribution is -0.137. The van der Waals surface area contributed by atoms with Crippen LogP contribution in [0.25, 0.3) is 0 Å². The number of halogens is 2. The highest BCUT2D eigenvalue weighted by Gasteiger charge is 2.04. The van der Waals surface area contributed by atoms with Crippen molar-refractivity contribution in [2.75, 3.05) is 11.9 Å². The Morgan fingerprint density at radius 1 is 1.20 bits per heavy atom. The minimum absolute atomic E-state index is 0.133. The normalized spacial score (nSPS) is 10.1. The van der Waals surface area contributed by atoms with Gasteiger partial charge in [-0.2, -0.15) is 0 Å². The molecule has 5 nitrogen and oxygen atoms in total. The van der Waals surface area contributed by atoms with Crippen LogP contribution >= 0.6 is 11.6 Å².